The first kappa shape index (κ1) is 13.5. The first-order valence-electron chi connectivity index (χ1n) is 7.08. The van der Waals surface area contributed by atoms with E-state index in [0.717, 1.165) is 44.6 Å². The lowest BCUT2D eigenvalue weighted by Crippen LogP contribution is -2.31. The smallest absolute Gasteiger partial charge is 0.231 e. The third-order valence-corrected chi connectivity index (χ3v) is 4.15. The van der Waals surface area contributed by atoms with Crippen LogP contribution in [0.5, 0.6) is 11.5 Å². The van der Waals surface area contributed by atoms with Crippen LogP contribution in [0.25, 0.3) is 23.4 Å². The number of nitrogens with zero attached hydrogens (tertiary/aromatic N) is 1. The van der Waals surface area contributed by atoms with Gasteiger partial charge in [0.15, 0.2) is 11.5 Å². The Balaban J connectivity index is 2.03. The Morgan fingerprint density at radius 3 is 2.77 bits per heavy atom. The number of rotatable bonds is 1. The van der Waals surface area contributed by atoms with Crippen molar-refractivity contribution in [3.8, 4) is 22.6 Å². The molecular formula is C17H15ClN2O2. The number of ether oxygens (including phenoxy) is 2. The molecule has 22 heavy (non-hydrogen) atoms. The van der Waals surface area contributed by atoms with Crippen molar-refractivity contribution in [1.29, 1.82) is 0 Å². The standard InChI is InChI=1S/C17H15ClN2O2/c1-20-7-6-13-15(9-19-20)14(8-16-17(13)22-10-21-16)11-2-4-12(18)5-3-11/h2-6,8-9,19H,7,10H2,1H3. The van der Waals surface area contributed by atoms with Gasteiger partial charge in [-0.25, -0.2) is 5.01 Å². The minimum absolute atomic E-state index is 0.267. The molecule has 5 heteroatoms. The molecule has 4 rings (SSSR count). The first-order valence-corrected chi connectivity index (χ1v) is 7.46. The van der Waals surface area contributed by atoms with Gasteiger partial charge in [-0.1, -0.05) is 29.8 Å². The highest BCUT2D eigenvalue weighted by atomic mass is 35.5. The van der Waals surface area contributed by atoms with E-state index in [2.05, 4.69) is 11.5 Å². The zero-order chi connectivity index (χ0) is 15.1. The van der Waals surface area contributed by atoms with Crippen LogP contribution in [0, 0.1) is 0 Å². The van der Waals surface area contributed by atoms with Crippen LogP contribution in [0.3, 0.4) is 0 Å². The molecule has 0 saturated heterocycles. The third kappa shape index (κ3) is 2.21. The molecule has 0 radical (unpaired) electrons. The van der Waals surface area contributed by atoms with Crippen molar-refractivity contribution in [1.82, 2.24) is 10.4 Å². The van der Waals surface area contributed by atoms with Gasteiger partial charge in [0.05, 0.1) is 0 Å². The van der Waals surface area contributed by atoms with E-state index in [4.69, 9.17) is 21.1 Å². The molecule has 4 nitrogen and oxygen atoms in total. The molecule has 0 bridgehead atoms. The summed E-state index contributed by atoms with van der Waals surface area (Å²) in [5, 5.41) is 4.89. The monoisotopic (exact) mass is 314 g/mol. The van der Waals surface area contributed by atoms with Crippen molar-refractivity contribution in [3.05, 3.63) is 45.8 Å². The molecule has 0 amide bonds. The second-order valence-corrected chi connectivity index (χ2v) is 5.79. The molecule has 0 aliphatic carbocycles. The second kappa shape index (κ2) is 5.23. The quantitative estimate of drug-likeness (QED) is 0.869. The van der Waals surface area contributed by atoms with E-state index in [9.17, 15) is 0 Å². The largest absolute Gasteiger partial charge is 0.454 e. The normalized spacial score (nSPS) is 16.1. The predicted molar refractivity (Wildman–Crippen MR) is 87.0 cm³/mol. The molecule has 0 atom stereocenters. The summed E-state index contributed by atoms with van der Waals surface area (Å²) in [6.07, 6.45) is 4.16. The van der Waals surface area contributed by atoms with Crippen LogP contribution in [-0.2, 0) is 0 Å². The molecule has 1 N–H and O–H groups in total. The Bertz CT molecular complexity index is 846. The molecule has 0 aromatic heterocycles. The molecule has 0 unspecified atom stereocenters. The molecule has 2 heterocycles. The minimum Gasteiger partial charge on any atom is -0.454 e. The van der Waals surface area contributed by atoms with Crippen LogP contribution in [0.4, 0.5) is 0 Å². The first-order chi connectivity index (χ1) is 10.7. The zero-order valence-corrected chi connectivity index (χ0v) is 12.9. The number of hydrazine groups is 1. The van der Waals surface area contributed by atoms with Gasteiger partial charge in [-0.15, -0.1) is 0 Å². The van der Waals surface area contributed by atoms with E-state index >= 15 is 0 Å². The molecule has 2 aromatic carbocycles. The molecule has 0 fully saturated rings. The number of benzene rings is 2. The molecule has 112 valence electrons. The van der Waals surface area contributed by atoms with Crippen LogP contribution in [0.2, 0.25) is 5.02 Å². The zero-order valence-electron chi connectivity index (χ0n) is 12.1. The summed E-state index contributed by atoms with van der Waals surface area (Å²) in [7, 11) is 2.00. The van der Waals surface area contributed by atoms with Gasteiger partial charge >= 0.3 is 0 Å². The van der Waals surface area contributed by atoms with Gasteiger partial charge in [0.1, 0.15) is 0 Å². The fraction of sp³-hybridized carbons (Fsp3) is 0.176. The summed E-state index contributed by atoms with van der Waals surface area (Å²) in [4.78, 5) is 0. The fourth-order valence-electron chi connectivity index (χ4n) is 2.76. The molecule has 2 aliphatic heterocycles. The summed E-state index contributed by atoms with van der Waals surface area (Å²) >= 11 is 6.00. The van der Waals surface area contributed by atoms with Gasteiger partial charge in [0, 0.05) is 35.3 Å². The Labute approximate surface area is 133 Å². The van der Waals surface area contributed by atoms with Crippen molar-refractivity contribution >= 4 is 23.9 Å². The van der Waals surface area contributed by atoms with Crippen molar-refractivity contribution in [3.63, 3.8) is 0 Å². The highest BCUT2D eigenvalue weighted by molar-refractivity contribution is 6.30. The lowest BCUT2D eigenvalue weighted by atomic mass is 10.0. The van der Waals surface area contributed by atoms with E-state index in [-0.39, 0.29) is 6.79 Å². The van der Waals surface area contributed by atoms with Crippen molar-refractivity contribution in [2.24, 2.45) is 0 Å². The highest BCUT2D eigenvalue weighted by Crippen LogP contribution is 2.31. The predicted octanol–water partition coefficient (Wildman–Crippen LogP) is 1.70. The number of fused-ring (bicyclic) bond motifs is 3. The van der Waals surface area contributed by atoms with E-state index in [0.29, 0.717) is 0 Å². The molecular weight excluding hydrogens is 300 g/mol. The average molecular weight is 315 g/mol. The molecule has 2 aliphatic rings. The summed E-state index contributed by atoms with van der Waals surface area (Å²) in [6.45, 7) is 1.05. The Morgan fingerprint density at radius 2 is 1.95 bits per heavy atom. The van der Waals surface area contributed by atoms with E-state index < -0.39 is 0 Å². The van der Waals surface area contributed by atoms with Crippen molar-refractivity contribution in [2.75, 3.05) is 20.4 Å². The van der Waals surface area contributed by atoms with E-state index in [1.165, 1.54) is 0 Å². The summed E-state index contributed by atoms with van der Waals surface area (Å²) in [5.41, 5.74) is 5.45. The maximum Gasteiger partial charge on any atom is 0.231 e. The van der Waals surface area contributed by atoms with Gasteiger partial charge in [-0.3, -0.25) is 0 Å². The van der Waals surface area contributed by atoms with Crippen molar-refractivity contribution < 1.29 is 9.47 Å². The number of nitrogens with one attached hydrogen (secondary N) is 1. The summed E-state index contributed by atoms with van der Waals surface area (Å²) in [5.74, 6) is 1.61. The molecule has 0 spiro atoms. The Morgan fingerprint density at radius 1 is 1.14 bits per heavy atom. The maximum absolute atomic E-state index is 6.00. The third-order valence-electron chi connectivity index (χ3n) is 3.90. The average Bonchev–Trinajstić information content (AvgIpc) is 2.91. The van der Waals surface area contributed by atoms with Gasteiger partial charge in [0.25, 0.3) is 0 Å². The van der Waals surface area contributed by atoms with E-state index in [1.54, 1.807) is 0 Å². The molecule has 0 saturated carbocycles. The van der Waals surface area contributed by atoms with Crippen LogP contribution in [-0.4, -0.2) is 25.4 Å². The molecule has 2 aromatic rings. The van der Waals surface area contributed by atoms with Crippen LogP contribution in [0.1, 0.15) is 0 Å². The minimum atomic E-state index is 0.267. The van der Waals surface area contributed by atoms with Gasteiger partial charge < -0.3 is 14.9 Å². The SMILES string of the molecule is CN1CC=c2c3c(cc(-c4ccc(Cl)cc4)c2=CN1)OCO3. The van der Waals surface area contributed by atoms with Crippen LogP contribution in [0.15, 0.2) is 30.3 Å². The lowest BCUT2D eigenvalue weighted by Gasteiger charge is -2.11. The second-order valence-electron chi connectivity index (χ2n) is 5.35. The van der Waals surface area contributed by atoms with Crippen LogP contribution >= 0.6 is 11.6 Å². The number of hydrogen-bond acceptors (Lipinski definition) is 4. The topological polar surface area (TPSA) is 33.7 Å². The van der Waals surface area contributed by atoms with Gasteiger partial charge in [-0.2, -0.15) is 0 Å². The van der Waals surface area contributed by atoms with E-state index in [1.807, 2.05) is 48.6 Å². The summed E-state index contributed by atoms with van der Waals surface area (Å²) < 4.78 is 11.3. The number of halogens is 1. The Hall–Kier alpha value is -2.17. The highest BCUT2D eigenvalue weighted by Gasteiger charge is 2.19. The van der Waals surface area contributed by atoms with Gasteiger partial charge in [0.2, 0.25) is 6.79 Å². The van der Waals surface area contributed by atoms with Crippen LogP contribution < -0.4 is 25.3 Å². The van der Waals surface area contributed by atoms with Crippen molar-refractivity contribution in [2.45, 2.75) is 0 Å². The summed E-state index contributed by atoms with van der Waals surface area (Å²) in [6, 6.07) is 9.86. The number of hydrogen-bond donors (Lipinski definition) is 1. The fourth-order valence-corrected chi connectivity index (χ4v) is 2.89. The lowest BCUT2D eigenvalue weighted by molar-refractivity contribution is 0.173. The maximum atomic E-state index is 6.00. The van der Waals surface area contributed by atoms with Gasteiger partial charge in [-0.05, 0) is 29.3 Å². The Kier molecular flexibility index (Phi) is 3.21.